The van der Waals surface area contributed by atoms with Crippen LogP contribution in [0.15, 0.2) is 118 Å². The fourth-order valence-corrected chi connectivity index (χ4v) is 4.77. The molecule has 1 N–H and O–H groups in total. The molecule has 3 heteroatoms. The number of furan rings is 2. The van der Waals surface area contributed by atoms with Crippen molar-refractivity contribution in [3.05, 3.63) is 109 Å². The highest BCUT2D eigenvalue weighted by atomic mass is 16.3. The highest BCUT2D eigenvalue weighted by Gasteiger charge is 2.15. The van der Waals surface area contributed by atoms with Gasteiger partial charge < -0.3 is 14.2 Å². The maximum atomic E-state index is 6.21. The van der Waals surface area contributed by atoms with E-state index in [0.717, 1.165) is 55.3 Å². The average Bonchev–Trinajstić information content (AvgIpc) is 3.43. The number of fused-ring (bicyclic) bond motifs is 6. The Labute approximate surface area is 189 Å². The molecule has 7 aromatic rings. The van der Waals surface area contributed by atoms with Gasteiger partial charge in [0.2, 0.25) is 0 Å². The van der Waals surface area contributed by atoms with Gasteiger partial charge >= 0.3 is 0 Å². The third-order valence-corrected chi connectivity index (χ3v) is 6.27. The van der Waals surface area contributed by atoms with Crippen LogP contribution in [0.5, 0.6) is 0 Å². The molecule has 0 aliphatic rings. The number of hydrogen-bond donors (Lipinski definition) is 1. The lowest BCUT2D eigenvalue weighted by atomic mass is 10.0. The van der Waals surface area contributed by atoms with Gasteiger partial charge in [0, 0.05) is 10.8 Å². The monoisotopic (exact) mass is 425 g/mol. The second-order valence-corrected chi connectivity index (χ2v) is 8.26. The van der Waals surface area contributed by atoms with Crippen LogP contribution in [-0.2, 0) is 0 Å². The average molecular weight is 425 g/mol. The Morgan fingerprint density at radius 1 is 0.424 bits per heavy atom. The molecule has 0 atom stereocenters. The second kappa shape index (κ2) is 7.01. The van der Waals surface area contributed by atoms with Crippen molar-refractivity contribution in [1.29, 1.82) is 0 Å². The number of benzene rings is 5. The predicted molar refractivity (Wildman–Crippen MR) is 136 cm³/mol. The van der Waals surface area contributed by atoms with Crippen LogP contribution in [-0.4, -0.2) is 0 Å². The van der Waals surface area contributed by atoms with E-state index in [9.17, 15) is 0 Å². The molecule has 33 heavy (non-hydrogen) atoms. The summed E-state index contributed by atoms with van der Waals surface area (Å²) in [6, 6.07) is 37.3. The molecule has 2 aromatic heterocycles. The van der Waals surface area contributed by atoms with Crippen LogP contribution in [0.1, 0.15) is 0 Å². The summed E-state index contributed by atoms with van der Waals surface area (Å²) in [7, 11) is 0. The first-order valence-electron chi connectivity index (χ1n) is 11.0. The van der Waals surface area contributed by atoms with E-state index in [4.69, 9.17) is 8.83 Å². The van der Waals surface area contributed by atoms with Crippen molar-refractivity contribution in [1.82, 2.24) is 0 Å². The molecular weight excluding hydrogens is 406 g/mol. The summed E-state index contributed by atoms with van der Waals surface area (Å²) in [6.45, 7) is 0. The Kier molecular flexibility index (Phi) is 3.84. The zero-order valence-electron chi connectivity index (χ0n) is 17.7. The lowest BCUT2D eigenvalue weighted by Gasteiger charge is -2.09. The molecule has 0 spiro atoms. The molecule has 0 radical (unpaired) electrons. The summed E-state index contributed by atoms with van der Waals surface area (Å²) < 4.78 is 12.3. The molecular formula is C30H19NO2. The normalized spacial score (nSPS) is 11.6. The molecule has 0 aliphatic carbocycles. The third-order valence-electron chi connectivity index (χ3n) is 6.27. The van der Waals surface area contributed by atoms with Crippen LogP contribution in [0.25, 0.3) is 55.0 Å². The lowest BCUT2D eigenvalue weighted by Crippen LogP contribution is -1.91. The van der Waals surface area contributed by atoms with Crippen LogP contribution < -0.4 is 5.32 Å². The highest BCUT2D eigenvalue weighted by Crippen LogP contribution is 2.40. The van der Waals surface area contributed by atoms with Crippen molar-refractivity contribution < 1.29 is 8.83 Å². The number of para-hydroxylation sites is 1. The maximum Gasteiger partial charge on any atom is 0.137 e. The third kappa shape index (κ3) is 2.83. The second-order valence-electron chi connectivity index (χ2n) is 8.26. The van der Waals surface area contributed by atoms with Gasteiger partial charge in [-0.05, 0) is 53.6 Å². The number of nitrogens with one attached hydrogen (secondary N) is 1. The van der Waals surface area contributed by atoms with Crippen LogP contribution >= 0.6 is 0 Å². The zero-order chi connectivity index (χ0) is 21.8. The van der Waals surface area contributed by atoms with E-state index in [1.807, 2.05) is 48.5 Å². The fourth-order valence-electron chi connectivity index (χ4n) is 4.77. The molecule has 7 rings (SSSR count). The van der Waals surface area contributed by atoms with Gasteiger partial charge in [-0.1, -0.05) is 66.7 Å². The van der Waals surface area contributed by atoms with E-state index < -0.39 is 0 Å². The van der Waals surface area contributed by atoms with Gasteiger partial charge in [-0.15, -0.1) is 0 Å². The zero-order valence-corrected chi connectivity index (χ0v) is 17.7. The Hall–Kier alpha value is -4.50. The first-order chi connectivity index (χ1) is 16.3. The smallest absolute Gasteiger partial charge is 0.137 e. The van der Waals surface area contributed by atoms with Crippen molar-refractivity contribution >= 4 is 55.3 Å². The molecule has 0 saturated heterocycles. The maximum absolute atomic E-state index is 6.21. The van der Waals surface area contributed by atoms with Gasteiger partial charge in [0.1, 0.15) is 22.3 Å². The Morgan fingerprint density at radius 3 is 1.79 bits per heavy atom. The van der Waals surface area contributed by atoms with E-state index in [-0.39, 0.29) is 0 Å². The first-order valence-corrected chi connectivity index (χ1v) is 11.0. The van der Waals surface area contributed by atoms with Crippen molar-refractivity contribution in [3.8, 4) is 11.1 Å². The molecule has 0 amide bonds. The molecule has 0 saturated carbocycles. The van der Waals surface area contributed by atoms with Gasteiger partial charge in [-0.2, -0.15) is 0 Å². The molecule has 0 bridgehead atoms. The molecule has 3 nitrogen and oxygen atoms in total. The summed E-state index contributed by atoms with van der Waals surface area (Å²) in [6.07, 6.45) is 0. The predicted octanol–water partition coefficient (Wildman–Crippen LogP) is 8.90. The van der Waals surface area contributed by atoms with E-state index in [1.54, 1.807) is 0 Å². The minimum Gasteiger partial charge on any atom is -0.456 e. The summed E-state index contributed by atoms with van der Waals surface area (Å²) in [5.74, 6) is 0. The van der Waals surface area contributed by atoms with Crippen molar-refractivity contribution in [2.75, 3.05) is 5.32 Å². The van der Waals surface area contributed by atoms with Crippen molar-refractivity contribution in [3.63, 3.8) is 0 Å². The molecule has 0 aliphatic heterocycles. The van der Waals surface area contributed by atoms with Crippen LogP contribution in [0.3, 0.4) is 0 Å². The summed E-state index contributed by atoms with van der Waals surface area (Å²) in [4.78, 5) is 0. The number of anilines is 2. The van der Waals surface area contributed by atoms with Crippen LogP contribution in [0.2, 0.25) is 0 Å². The summed E-state index contributed by atoms with van der Waals surface area (Å²) >= 11 is 0. The van der Waals surface area contributed by atoms with Gasteiger partial charge in [-0.25, -0.2) is 0 Å². The van der Waals surface area contributed by atoms with E-state index >= 15 is 0 Å². The van der Waals surface area contributed by atoms with E-state index in [2.05, 4.69) is 66.0 Å². The fraction of sp³-hybridized carbons (Fsp3) is 0. The molecule has 0 fully saturated rings. The molecule has 156 valence electrons. The van der Waals surface area contributed by atoms with E-state index in [0.29, 0.717) is 0 Å². The summed E-state index contributed by atoms with van der Waals surface area (Å²) in [5.41, 5.74) is 7.89. The van der Waals surface area contributed by atoms with Crippen molar-refractivity contribution in [2.24, 2.45) is 0 Å². The van der Waals surface area contributed by atoms with Gasteiger partial charge in [0.15, 0.2) is 0 Å². The van der Waals surface area contributed by atoms with Crippen LogP contribution in [0, 0.1) is 0 Å². The molecule has 2 heterocycles. The Morgan fingerprint density at radius 2 is 1.03 bits per heavy atom. The lowest BCUT2D eigenvalue weighted by molar-refractivity contribution is 0.669. The number of hydrogen-bond acceptors (Lipinski definition) is 3. The topological polar surface area (TPSA) is 38.3 Å². The Bertz CT molecular complexity index is 1790. The number of rotatable bonds is 3. The standard InChI is InChI=1S/C30H19NO2/c1-2-8-19(9-3-1)20-16-17-26-22(18-20)30-24(12-7-15-28(30)33-26)31-23-11-6-14-27-29(23)21-10-4-5-13-25(21)32-27/h1-18,31H. The van der Waals surface area contributed by atoms with Gasteiger partial charge in [0.25, 0.3) is 0 Å². The van der Waals surface area contributed by atoms with Gasteiger partial charge in [0.05, 0.1) is 22.1 Å². The molecule has 5 aromatic carbocycles. The van der Waals surface area contributed by atoms with Crippen molar-refractivity contribution in [2.45, 2.75) is 0 Å². The Balaban J connectivity index is 1.44. The summed E-state index contributed by atoms with van der Waals surface area (Å²) in [5, 5.41) is 8.05. The molecule has 0 unspecified atom stereocenters. The minimum atomic E-state index is 0.865. The van der Waals surface area contributed by atoms with E-state index in [1.165, 1.54) is 11.1 Å². The minimum absolute atomic E-state index is 0.865. The SMILES string of the molecule is c1ccc(-c2ccc3oc4cccc(Nc5cccc6oc7ccccc7c56)c4c3c2)cc1. The largest absolute Gasteiger partial charge is 0.456 e. The van der Waals surface area contributed by atoms with Gasteiger partial charge in [-0.3, -0.25) is 0 Å². The first kappa shape index (κ1) is 18.1. The quantitative estimate of drug-likeness (QED) is 0.307. The highest BCUT2D eigenvalue weighted by molar-refractivity contribution is 6.16. The van der Waals surface area contributed by atoms with Crippen LogP contribution in [0.4, 0.5) is 11.4 Å².